The predicted molar refractivity (Wildman–Crippen MR) is 113 cm³/mol. The number of hydrogen-bond acceptors (Lipinski definition) is 4. The molecule has 150 valence electrons. The molecule has 2 fully saturated rings. The van der Waals surface area contributed by atoms with E-state index in [-0.39, 0.29) is 22.9 Å². The Hall–Kier alpha value is -3.48. The Labute approximate surface area is 171 Å². The summed E-state index contributed by atoms with van der Waals surface area (Å²) in [5.74, 6) is -0.244. The van der Waals surface area contributed by atoms with Gasteiger partial charge < -0.3 is 10.3 Å². The van der Waals surface area contributed by atoms with Crippen molar-refractivity contribution in [3.63, 3.8) is 0 Å². The van der Waals surface area contributed by atoms with Crippen LogP contribution in [0.2, 0.25) is 0 Å². The topological polar surface area (TPSA) is 107 Å². The lowest BCUT2D eigenvalue weighted by molar-refractivity contribution is -0.0509. The van der Waals surface area contributed by atoms with Crippen LogP contribution in [0.25, 0.3) is 21.8 Å². The second-order valence-corrected chi connectivity index (χ2v) is 8.67. The number of hydrogen-bond donors (Lipinski definition) is 2. The van der Waals surface area contributed by atoms with E-state index in [2.05, 4.69) is 19.7 Å². The molecular weight excluding hydrogens is 378 g/mol. The second kappa shape index (κ2) is 6.01. The number of carbonyl (C=O) groups is 1. The molecule has 2 aliphatic rings. The average molecular weight is 399 g/mol. The van der Waals surface area contributed by atoms with Gasteiger partial charge in [0.15, 0.2) is 0 Å². The fourth-order valence-corrected chi connectivity index (χ4v) is 5.61. The highest BCUT2D eigenvalue weighted by molar-refractivity contribution is 5.96. The molecule has 7 heteroatoms. The number of imidazole rings is 1. The molecule has 0 bridgehead atoms. The summed E-state index contributed by atoms with van der Waals surface area (Å²) in [4.78, 5) is 28.4. The van der Waals surface area contributed by atoms with Crippen LogP contribution in [-0.2, 0) is 0 Å². The Balaban J connectivity index is 1.50. The van der Waals surface area contributed by atoms with Gasteiger partial charge in [-0.05, 0) is 48.9 Å². The third kappa shape index (κ3) is 2.26. The fraction of sp³-hybridized carbons (Fsp3) is 0.304. The van der Waals surface area contributed by atoms with Crippen molar-refractivity contribution >= 4 is 27.7 Å². The van der Waals surface area contributed by atoms with E-state index in [4.69, 9.17) is 5.73 Å². The SMILES string of the molecule is NC(=O)c1ccc2c(c1)ncn2C1CC2(CCC2)C1c1n[nH]c(=O)c2ccccc12. The van der Waals surface area contributed by atoms with E-state index >= 15 is 0 Å². The summed E-state index contributed by atoms with van der Waals surface area (Å²) in [6, 6.07) is 13.3. The van der Waals surface area contributed by atoms with E-state index in [1.54, 1.807) is 12.1 Å². The van der Waals surface area contributed by atoms with Crippen LogP contribution in [0, 0.1) is 5.41 Å². The summed E-state index contributed by atoms with van der Waals surface area (Å²) in [5.41, 5.74) is 8.68. The van der Waals surface area contributed by atoms with Crippen LogP contribution in [0.15, 0.2) is 53.6 Å². The van der Waals surface area contributed by atoms with Gasteiger partial charge in [0.1, 0.15) is 0 Å². The number of nitrogens with zero attached hydrogens (tertiary/aromatic N) is 3. The van der Waals surface area contributed by atoms with Crippen molar-refractivity contribution in [1.29, 1.82) is 0 Å². The van der Waals surface area contributed by atoms with Gasteiger partial charge in [0.25, 0.3) is 5.56 Å². The number of aromatic nitrogens is 4. The highest BCUT2D eigenvalue weighted by atomic mass is 16.1. The Bertz CT molecular complexity index is 1380. The minimum atomic E-state index is -0.453. The third-order valence-corrected chi connectivity index (χ3v) is 7.25. The quantitative estimate of drug-likeness (QED) is 0.551. The number of nitrogens with two attached hydrogens (primary N) is 1. The third-order valence-electron chi connectivity index (χ3n) is 7.25. The minimum absolute atomic E-state index is 0.153. The van der Waals surface area contributed by atoms with Crippen LogP contribution in [-0.4, -0.2) is 25.7 Å². The van der Waals surface area contributed by atoms with Crippen LogP contribution < -0.4 is 11.3 Å². The molecule has 0 saturated heterocycles. The number of carbonyl (C=O) groups excluding carboxylic acids is 1. The summed E-state index contributed by atoms with van der Waals surface area (Å²) in [6.45, 7) is 0. The van der Waals surface area contributed by atoms with Gasteiger partial charge in [0, 0.05) is 22.9 Å². The van der Waals surface area contributed by atoms with Crippen molar-refractivity contribution in [2.24, 2.45) is 11.1 Å². The first-order valence-corrected chi connectivity index (χ1v) is 10.3. The molecule has 2 saturated carbocycles. The molecule has 4 aromatic rings. The number of amides is 1. The van der Waals surface area contributed by atoms with Gasteiger partial charge in [-0.3, -0.25) is 9.59 Å². The lowest BCUT2D eigenvalue weighted by Gasteiger charge is -2.60. The van der Waals surface area contributed by atoms with Gasteiger partial charge in [-0.1, -0.05) is 24.6 Å². The first-order chi connectivity index (χ1) is 14.6. The largest absolute Gasteiger partial charge is 0.366 e. The summed E-state index contributed by atoms with van der Waals surface area (Å²) >= 11 is 0. The first kappa shape index (κ1) is 17.4. The molecule has 7 nitrogen and oxygen atoms in total. The number of aromatic amines is 1. The number of primary amides is 1. The summed E-state index contributed by atoms with van der Waals surface area (Å²) < 4.78 is 2.20. The average Bonchev–Trinajstić information content (AvgIpc) is 3.11. The zero-order valence-electron chi connectivity index (χ0n) is 16.3. The lowest BCUT2D eigenvalue weighted by atomic mass is 9.46. The van der Waals surface area contributed by atoms with Crippen LogP contribution in [0.1, 0.15) is 53.7 Å². The van der Waals surface area contributed by atoms with E-state index < -0.39 is 5.91 Å². The van der Waals surface area contributed by atoms with Crippen molar-refractivity contribution < 1.29 is 4.79 Å². The van der Waals surface area contributed by atoms with E-state index in [9.17, 15) is 9.59 Å². The molecule has 0 radical (unpaired) electrons. The molecule has 1 spiro atoms. The van der Waals surface area contributed by atoms with E-state index in [0.29, 0.717) is 10.9 Å². The van der Waals surface area contributed by atoms with Crippen LogP contribution in [0.3, 0.4) is 0 Å². The Morgan fingerprint density at radius 3 is 2.70 bits per heavy atom. The first-order valence-electron chi connectivity index (χ1n) is 10.3. The number of H-pyrrole nitrogens is 1. The van der Waals surface area contributed by atoms with E-state index in [1.165, 1.54) is 19.3 Å². The maximum absolute atomic E-state index is 12.3. The number of fused-ring (bicyclic) bond motifs is 2. The molecule has 2 unspecified atom stereocenters. The Morgan fingerprint density at radius 1 is 1.17 bits per heavy atom. The molecule has 2 aromatic carbocycles. The molecule has 6 rings (SSSR count). The monoisotopic (exact) mass is 399 g/mol. The van der Waals surface area contributed by atoms with Gasteiger partial charge >= 0.3 is 0 Å². The predicted octanol–water partition coefficient (Wildman–Crippen LogP) is 3.27. The van der Waals surface area contributed by atoms with Crippen LogP contribution in [0.5, 0.6) is 0 Å². The number of rotatable bonds is 3. The Morgan fingerprint density at radius 2 is 1.97 bits per heavy atom. The Kier molecular flexibility index (Phi) is 3.48. The molecule has 0 aliphatic heterocycles. The highest BCUT2D eigenvalue weighted by Gasteiger charge is 2.59. The molecular formula is C23H21N5O2. The molecule has 3 N–H and O–H groups in total. The van der Waals surface area contributed by atoms with Gasteiger partial charge in [0.05, 0.1) is 28.4 Å². The van der Waals surface area contributed by atoms with Crippen molar-refractivity contribution in [2.45, 2.75) is 37.6 Å². The molecule has 2 heterocycles. The lowest BCUT2D eigenvalue weighted by Crippen LogP contribution is -2.51. The van der Waals surface area contributed by atoms with Crippen molar-refractivity contribution in [3.05, 3.63) is 70.4 Å². The number of benzene rings is 2. The summed E-state index contributed by atoms with van der Waals surface area (Å²) in [6.07, 6.45) is 6.52. The van der Waals surface area contributed by atoms with E-state index in [1.807, 2.05) is 36.7 Å². The summed E-state index contributed by atoms with van der Waals surface area (Å²) in [5, 5.41) is 8.89. The molecule has 1 amide bonds. The standard InChI is InChI=1S/C23H21N5O2/c24-21(29)13-6-7-17-16(10-13)25-12-28(17)18-11-23(8-3-9-23)19(18)20-14-4-1-2-5-15(14)22(30)27-26-20/h1-2,4-7,10,12,18-19H,3,8-9,11H2,(H2,24,29)(H,27,30). The smallest absolute Gasteiger partial charge is 0.272 e. The van der Waals surface area contributed by atoms with Gasteiger partial charge in [0.2, 0.25) is 5.91 Å². The second-order valence-electron chi connectivity index (χ2n) is 8.67. The normalized spacial score (nSPS) is 22.1. The van der Waals surface area contributed by atoms with Gasteiger partial charge in [-0.15, -0.1) is 0 Å². The van der Waals surface area contributed by atoms with E-state index in [0.717, 1.165) is 28.5 Å². The highest BCUT2D eigenvalue weighted by Crippen LogP contribution is 2.68. The van der Waals surface area contributed by atoms with Crippen molar-refractivity contribution in [2.75, 3.05) is 0 Å². The summed E-state index contributed by atoms with van der Waals surface area (Å²) in [7, 11) is 0. The maximum atomic E-state index is 12.3. The van der Waals surface area contributed by atoms with Crippen molar-refractivity contribution in [3.8, 4) is 0 Å². The molecule has 2 atom stereocenters. The molecule has 30 heavy (non-hydrogen) atoms. The van der Waals surface area contributed by atoms with Gasteiger partial charge in [-0.2, -0.15) is 5.10 Å². The number of nitrogens with one attached hydrogen (secondary N) is 1. The zero-order valence-corrected chi connectivity index (χ0v) is 16.3. The maximum Gasteiger partial charge on any atom is 0.272 e. The van der Waals surface area contributed by atoms with Crippen molar-refractivity contribution in [1.82, 2.24) is 19.7 Å². The molecule has 2 aromatic heterocycles. The fourth-order valence-electron chi connectivity index (χ4n) is 5.61. The molecule has 2 aliphatic carbocycles. The van der Waals surface area contributed by atoms with Crippen LogP contribution in [0.4, 0.5) is 0 Å². The van der Waals surface area contributed by atoms with Gasteiger partial charge in [-0.25, -0.2) is 10.1 Å². The zero-order chi connectivity index (χ0) is 20.5. The van der Waals surface area contributed by atoms with Crippen LogP contribution >= 0.6 is 0 Å². The minimum Gasteiger partial charge on any atom is -0.366 e.